The minimum absolute atomic E-state index is 0.442. The van der Waals surface area contributed by atoms with Crippen LogP contribution in [0.5, 0.6) is 5.88 Å². The van der Waals surface area contributed by atoms with E-state index in [-0.39, 0.29) is 0 Å². The number of nitrogens with zero attached hydrogens (tertiary/aromatic N) is 1. The lowest BCUT2D eigenvalue weighted by molar-refractivity contribution is 0.342. The number of halogens is 2. The number of ether oxygens (including phenoxy) is 1. The molecule has 1 heterocycles. The summed E-state index contributed by atoms with van der Waals surface area (Å²) in [5, 5.41) is 1.75. The maximum atomic E-state index is 5.47. The van der Waals surface area contributed by atoms with Gasteiger partial charge in [-0.2, -0.15) is 0 Å². The van der Waals surface area contributed by atoms with Crippen LogP contribution in [0, 0.1) is 6.07 Å². The van der Waals surface area contributed by atoms with Crippen molar-refractivity contribution in [3.8, 4) is 16.5 Å². The van der Waals surface area contributed by atoms with Crippen LogP contribution in [0.4, 0.5) is 0 Å². The van der Waals surface area contributed by atoms with Crippen molar-refractivity contribution < 1.29 is 4.74 Å². The highest BCUT2D eigenvalue weighted by Gasteiger charge is 2.07. The molecule has 0 bridgehead atoms. The maximum absolute atomic E-state index is 5.47. The highest BCUT2D eigenvalue weighted by atomic mass is 35.5. The van der Waals surface area contributed by atoms with E-state index in [1.54, 1.807) is 5.38 Å². The van der Waals surface area contributed by atoms with Crippen LogP contribution in [0.2, 0.25) is 0 Å². The van der Waals surface area contributed by atoms with Crippen molar-refractivity contribution in [2.45, 2.75) is 5.02 Å². The molecular formula is C10H6Cl2NOS. The molecule has 2 rings (SSSR count). The monoisotopic (exact) mass is 258 g/mol. The number of benzene rings is 1. The van der Waals surface area contributed by atoms with Crippen molar-refractivity contribution in [3.05, 3.63) is 35.7 Å². The van der Waals surface area contributed by atoms with Crippen molar-refractivity contribution in [1.29, 1.82) is 0 Å². The average molecular weight is 259 g/mol. The second-order valence-corrected chi connectivity index (χ2v) is 4.53. The van der Waals surface area contributed by atoms with E-state index in [0.717, 1.165) is 10.6 Å². The molecule has 2 aromatic rings. The predicted molar refractivity (Wildman–Crippen MR) is 62.5 cm³/mol. The van der Waals surface area contributed by atoms with Crippen molar-refractivity contribution in [2.24, 2.45) is 0 Å². The predicted octanol–water partition coefficient (Wildman–Crippen LogP) is 3.75. The van der Waals surface area contributed by atoms with Gasteiger partial charge in [-0.15, -0.1) is 11.3 Å². The first kappa shape index (κ1) is 10.7. The minimum Gasteiger partial charge on any atom is -0.443 e. The molecule has 0 aliphatic rings. The van der Waals surface area contributed by atoms with Gasteiger partial charge >= 0.3 is 0 Å². The maximum Gasteiger partial charge on any atom is 0.249 e. The Labute approximate surface area is 101 Å². The standard InChI is InChI=1S/C10H6Cl2NOS/c11-10(12)14-8-6-15-9(13-8)7-4-2-1-3-5-7/h2-6,10H. The Kier molecular flexibility index (Phi) is 3.46. The van der Waals surface area contributed by atoms with Crippen LogP contribution in [0.25, 0.3) is 10.6 Å². The number of hydrogen-bond donors (Lipinski definition) is 0. The molecule has 1 aromatic heterocycles. The van der Waals surface area contributed by atoms with E-state index in [4.69, 9.17) is 27.9 Å². The molecule has 0 atom stereocenters. The molecule has 0 saturated carbocycles. The minimum atomic E-state index is -0.885. The molecule has 2 nitrogen and oxygen atoms in total. The van der Waals surface area contributed by atoms with Crippen molar-refractivity contribution >= 4 is 34.5 Å². The Morgan fingerprint density at radius 2 is 2.07 bits per heavy atom. The molecule has 0 spiro atoms. The smallest absolute Gasteiger partial charge is 0.249 e. The van der Waals surface area contributed by atoms with Gasteiger partial charge in [0.2, 0.25) is 10.9 Å². The Morgan fingerprint density at radius 1 is 1.33 bits per heavy atom. The Bertz CT molecular complexity index is 430. The summed E-state index contributed by atoms with van der Waals surface area (Å²) in [5.41, 5.74) is 1.02. The number of rotatable bonds is 3. The molecular weight excluding hydrogens is 253 g/mol. The molecule has 0 aliphatic carbocycles. The molecule has 15 heavy (non-hydrogen) atoms. The summed E-state index contributed by atoms with van der Waals surface area (Å²) in [6.07, 6.45) is 0. The first-order chi connectivity index (χ1) is 7.25. The summed E-state index contributed by atoms with van der Waals surface area (Å²) >= 11 is 12.4. The highest BCUT2D eigenvalue weighted by molar-refractivity contribution is 7.13. The molecule has 0 N–H and O–H groups in total. The van der Waals surface area contributed by atoms with E-state index in [1.807, 2.05) is 24.3 Å². The Hall–Kier alpha value is -0.770. The van der Waals surface area contributed by atoms with E-state index in [2.05, 4.69) is 11.1 Å². The fourth-order valence-electron chi connectivity index (χ4n) is 1.07. The summed E-state index contributed by atoms with van der Waals surface area (Å²) < 4.78 is 5.04. The second kappa shape index (κ2) is 4.84. The third-order valence-corrected chi connectivity index (χ3v) is 2.71. The SMILES string of the molecule is ClC(Cl)Oc1csc(-c2cc[c]cc2)n1. The van der Waals surface area contributed by atoms with Gasteiger partial charge in [-0.3, -0.25) is 0 Å². The van der Waals surface area contributed by atoms with E-state index >= 15 is 0 Å². The van der Waals surface area contributed by atoms with Crippen LogP contribution in [0.1, 0.15) is 0 Å². The molecule has 0 unspecified atom stereocenters. The average Bonchev–Trinajstić information content (AvgIpc) is 2.67. The van der Waals surface area contributed by atoms with E-state index in [1.165, 1.54) is 11.3 Å². The summed E-state index contributed by atoms with van der Waals surface area (Å²) in [6.45, 7) is 0. The van der Waals surface area contributed by atoms with Crippen LogP contribution in [-0.4, -0.2) is 10.0 Å². The van der Waals surface area contributed by atoms with Crippen LogP contribution >= 0.6 is 34.5 Å². The van der Waals surface area contributed by atoms with Gasteiger partial charge in [0, 0.05) is 5.56 Å². The molecule has 0 saturated heterocycles. The summed E-state index contributed by atoms with van der Waals surface area (Å²) in [6, 6.07) is 10.5. The van der Waals surface area contributed by atoms with Crippen molar-refractivity contribution in [2.75, 3.05) is 0 Å². The zero-order valence-corrected chi connectivity index (χ0v) is 9.81. The fraction of sp³-hybridized carbons (Fsp3) is 0.100. The van der Waals surface area contributed by atoms with Crippen LogP contribution < -0.4 is 4.74 Å². The van der Waals surface area contributed by atoms with Gasteiger partial charge in [0.05, 0.1) is 5.38 Å². The van der Waals surface area contributed by atoms with Gasteiger partial charge in [-0.25, -0.2) is 4.98 Å². The lowest BCUT2D eigenvalue weighted by Crippen LogP contribution is -1.98. The number of aromatic nitrogens is 1. The summed E-state index contributed by atoms with van der Waals surface area (Å²) in [4.78, 5) is 4.23. The van der Waals surface area contributed by atoms with Crippen LogP contribution in [-0.2, 0) is 0 Å². The van der Waals surface area contributed by atoms with Crippen LogP contribution in [0.15, 0.2) is 29.6 Å². The van der Waals surface area contributed by atoms with Crippen LogP contribution in [0.3, 0.4) is 0 Å². The number of alkyl halides is 2. The zero-order chi connectivity index (χ0) is 10.7. The normalized spacial score (nSPS) is 10.6. The highest BCUT2D eigenvalue weighted by Crippen LogP contribution is 2.27. The van der Waals surface area contributed by atoms with E-state index in [9.17, 15) is 0 Å². The first-order valence-corrected chi connectivity index (χ1v) is 5.88. The Balaban J connectivity index is 2.21. The molecule has 1 radical (unpaired) electrons. The van der Waals surface area contributed by atoms with Gasteiger partial charge in [0.1, 0.15) is 5.01 Å². The lowest BCUT2D eigenvalue weighted by atomic mass is 10.2. The molecule has 5 heteroatoms. The lowest BCUT2D eigenvalue weighted by Gasteiger charge is -2.00. The van der Waals surface area contributed by atoms with Gasteiger partial charge < -0.3 is 4.74 Å². The second-order valence-electron chi connectivity index (χ2n) is 2.66. The number of thiazole rings is 1. The van der Waals surface area contributed by atoms with Gasteiger partial charge in [-0.05, 0) is 6.07 Å². The molecule has 0 amide bonds. The van der Waals surface area contributed by atoms with Gasteiger partial charge in [0.25, 0.3) is 0 Å². The topological polar surface area (TPSA) is 22.1 Å². The van der Waals surface area contributed by atoms with E-state index < -0.39 is 5.02 Å². The molecule has 0 fully saturated rings. The summed E-state index contributed by atoms with van der Waals surface area (Å²) in [7, 11) is 0. The fourth-order valence-corrected chi connectivity index (χ4v) is 1.98. The largest absolute Gasteiger partial charge is 0.443 e. The Morgan fingerprint density at radius 3 is 2.73 bits per heavy atom. The first-order valence-electron chi connectivity index (χ1n) is 4.12. The van der Waals surface area contributed by atoms with E-state index in [0.29, 0.717) is 5.88 Å². The zero-order valence-electron chi connectivity index (χ0n) is 7.48. The third kappa shape index (κ3) is 2.84. The number of hydrogen-bond acceptors (Lipinski definition) is 3. The summed E-state index contributed by atoms with van der Waals surface area (Å²) in [5.74, 6) is 0.442. The van der Waals surface area contributed by atoms with Gasteiger partial charge in [0.15, 0.2) is 0 Å². The molecule has 77 valence electrons. The quantitative estimate of drug-likeness (QED) is 0.783. The van der Waals surface area contributed by atoms with Gasteiger partial charge in [-0.1, -0.05) is 47.5 Å². The molecule has 1 aromatic carbocycles. The van der Waals surface area contributed by atoms with Crippen molar-refractivity contribution in [3.63, 3.8) is 0 Å². The third-order valence-electron chi connectivity index (χ3n) is 1.66. The molecule has 0 aliphatic heterocycles. The van der Waals surface area contributed by atoms with Crippen molar-refractivity contribution in [1.82, 2.24) is 4.98 Å².